The van der Waals surface area contributed by atoms with Gasteiger partial charge in [-0.15, -0.1) is 5.01 Å². The molecule has 1 N–H and O–H groups in total. The first-order valence-corrected chi connectivity index (χ1v) is 7.27. The Morgan fingerprint density at radius 2 is 2.25 bits per heavy atom. The minimum Gasteiger partial charge on any atom is -0.442 e. The summed E-state index contributed by atoms with van der Waals surface area (Å²) < 4.78 is 5.18. The third-order valence-electron chi connectivity index (χ3n) is 3.09. The van der Waals surface area contributed by atoms with Crippen LogP contribution in [0.5, 0.6) is 0 Å². The largest absolute Gasteiger partial charge is 0.442 e. The van der Waals surface area contributed by atoms with Crippen LogP contribution in [0.2, 0.25) is 0 Å². The molecule has 1 aliphatic heterocycles. The van der Waals surface area contributed by atoms with E-state index in [9.17, 15) is 4.79 Å². The van der Waals surface area contributed by atoms with Crippen molar-refractivity contribution >= 4 is 6.09 Å². The summed E-state index contributed by atoms with van der Waals surface area (Å²) in [6, 6.07) is 0.124. The number of hydrogen-bond acceptors (Lipinski definition) is 5. The summed E-state index contributed by atoms with van der Waals surface area (Å²) in [4.78, 5) is 14.2. The SMILES string of the molecule is CCCCN1CC[C@@H](NN(C#N)C(=O)OC(C)(C)C)C1. The summed E-state index contributed by atoms with van der Waals surface area (Å²) in [6.45, 7) is 10.5. The zero-order valence-electron chi connectivity index (χ0n) is 13.0. The van der Waals surface area contributed by atoms with Gasteiger partial charge in [-0.05, 0) is 46.7 Å². The molecule has 1 saturated heterocycles. The van der Waals surface area contributed by atoms with Crippen molar-refractivity contribution in [3.63, 3.8) is 0 Å². The fourth-order valence-corrected chi connectivity index (χ4v) is 2.14. The molecule has 0 spiro atoms. The fourth-order valence-electron chi connectivity index (χ4n) is 2.14. The first-order valence-electron chi connectivity index (χ1n) is 7.27. The van der Waals surface area contributed by atoms with Crippen molar-refractivity contribution in [1.82, 2.24) is 15.3 Å². The van der Waals surface area contributed by atoms with Crippen molar-refractivity contribution < 1.29 is 9.53 Å². The molecule has 0 aromatic rings. The minimum absolute atomic E-state index is 0.124. The number of likely N-dealkylation sites (tertiary alicyclic amines) is 1. The Balaban J connectivity index is 2.42. The van der Waals surface area contributed by atoms with Gasteiger partial charge in [-0.25, -0.2) is 10.2 Å². The summed E-state index contributed by atoms with van der Waals surface area (Å²) in [5, 5.41) is 9.96. The van der Waals surface area contributed by atoms with E-state index in [4.69, 9.17) is 10.00 Å². The molecule has 0 aromatic carbocycles. The number of carbonyl (C=O) groups is 1. The van der Waals surface area contributed by atoms with Crippen molar-refractivity contribution in [2.45, 2.75) is 58.6 Å². The predicted octanol–water partition coefficient (Wildman–Crippen LogP) is 2.08. The van der Waals surface area contributed by atoms with Gasteiger partial charge in [-0.1, -0.05) is 13.3 Å². The van der Waals surface area contributed by atoms with Gasteiger partial charge in [0, 0.05) is 12.6 Å². The van der Waals surface area contributed by atoms with Crippen molar-refractivity contribution in [2.24, 2.45) is 0 Å². The molecule has 6 nitrogen and oxygen atoms in total. The van der Waals surface area contributed by atoms with E-state index in [2.05, 4.69) is 17.2 Å². The van der Waals surface area contributed by atoms with E-state index < -0.39 is 11.7 Å². The molecular weight excluding hydrogens is 256 g/mol. The van der Waals surface area contributed by atoms with Crippen molar-refractivity contribution in [1.29, 1.82) is 5.26 Å². The molecule has 20 heavy (non-hydrogen) atoms. The van der Waals surface area contributed by atoms with Gasteiger partial charge in [-0.3, -0.25) is 0 Å². The van der Waals surface area contributed by atoms with Crippen LogP contribution in [0.4, 0.5) is 4.79 Å². The molecule has 1 amide bonds. The maximum Gasteiger partial charge on any atom is 0.438 e. The Hall–Kier alpha value is -1.32. The standard InChI is InChI=1S/C14H26N4O2/c1-5-6-8-17-9-7-12(10-17)16-18(11-15)13(19)20-14(2,3)4/h12,16H,5-10H2,1-4H3/t12-/m1/s1. The molecule has 0 bridgehead atoms. The lowest BCUT2D eigenvalue weighted by Crippen LogP contribution is -2.48. The van der Waals surface area contributed by atoms with Gasteiger partial charge in [0.25, 0.3) is 0 Å². The summed E-state index contributed by atoms with van der Waals surface area (Å²) >= 11 is 0. The highest BCUT2D eigenvalue weighted by Crippen LogP contribution is 2.12. The van der Waals surface area contributed by atoms with E-state index in [-0.39, 0.29) is 6.04 Å². The van der Waals surface area contributed by atoms with Gasteiger partial charge in [0.2, 0.25) is 6.19 Å². The highest BCUT2D eigenvalue weighted by Gasteiger charge is 2.28. The van der Waals surface area contributed by atoms with Crippen LogP contribution in [-0.2, 0) is 4.74 Å². The van der Waals surface area contributed by atoms with E-state index >= 15 is 0 Å². The Morgan fingerprint density at radius 1 is 1.55 bits per heavy atom. The third-order valence-corrected chi connectivity index (χ3v) is 3.09. The second-order valence-electron chi connectivity index (χ2n) is 6.18. The summed E-state index contributed by atoms with van der Waals surface area (Å²) in [5.41, 5.74) is 2.35. The van der Waals surface area contributed by atoms with E-state index in [0.29, 0.717) is 0 Å². The first kappa shape index (κ1) is 16.7. The van der Waals surface area contributed by atoms with E-state index in [1.54, 1.807) is 20.8 Å². The summed E-state index contributed by atoms with van der Waals surface area (Å²) in [6.07, 6.45) is 4.49. The van der Waals surface area contributed by atoms with Gasteiger partial charge in [0.1, 0.15) is 5.60 Å². The van der Waals surface area contributed by atoms with E-state index in [1.165, 1.54) is 12.8 Å². The first-order chi connectivity index (χ1) is 9.35. The number of rotatable bonds is 5. The molecule has 6 heteroatoms. The Kier molecular flexibility index (Phi) is 6.24. The number of carbonyl (C=O) groups excluding carboxylic acids is 1. The second-order valence-corrected chi connectivity index (χ2v) is 6.18. The third kappa shape index (κ3) is 5.76. The number of nitriles is 1. The predicted molar refractivity (Wildman–Crippen MR) is 76.6 cm³/mol. The van der Waals surface area contributed by atoms with Crippen LogP contribution in [0.1, 0.15) is 47.0 Å². The number of hydrogen-bond donors (Lipinski definition) is 1. The Morgan fingerprint density at radius 3 is 2.80 bits per heavy atom. The highest BCUT2D eigenvalue weighted by atomic mass is 16.6. The molecule has 1 atom stereocenters. The zero-order chi connectivity index (χ0) is 15.2. The molecule has 1 heterocycles. The van der Waals surface area contributed by atoms with Crippen molar-refractivity contribution in [3.05, 3.63) is 0 Å². The summed E-state index contributed by atoms with van der Waals surface area (Å²) in [7, 11) is 0. The molecule has 1 rings (SSSR count). The van der Waals surface area contributed by atoms with Crippen LogP contribution in [0.15, 0.2) is 0 Å². The van der Waals surface area contributed by atoms with Crippen LogP contribution in [0.3, 0.4) is 0 Å². The second kappa shape index (κ2) is 7.46. The average Bonchev–Trinajstić information content (AvgIpc) is 2.78. The molecule has 0 aromatic heterocycles. The number of amides is 1. The lowest BCUT2D eigenvalue weighted by Gasteiger charge is -2.25. The van der Waals surface area contributed by atoms with Gasteiger partial charge in [0.05, 0.1) is 0 Å². The molecule has 114 valence electrons. The zero-order valence-corrected chi connectivity index (χ0v) is 13.0. The van der Waals surface area contributed by atoms with Gasteiger partial charge >= 0.3 is 6.09 Å². The molecule has 1 aliphatic rings. The van der Waals surface area contributed by atoms with Crippen LogP contribution >= 0.6 is 0 Å². The molecule has 0 unspecified atom stereocenters. The Labute approximate surface area is 121 Å². The van der Waals surface area contributed by atoms with Gasteiger partial charge in [-0.2, -0.15) is 5.26 Å². The maximum atomic E-state index is 11.8. The number of unbranched alkanes of at least 4 members (excludes halogenated alkanes) is 1. The normalized spacial score (nSPS) is 19.6. The van der Waals surface area contributed by atoms with E-state index in [0.717, 1.165) is 31.1 Å². The minimum atomic E-state index is -0.646. The molecule has 0 aliphatic carbocycles. The number of hydrazine groups is 1. The number of nitrogens with zero attached hydrogens (tertiary/aromatic N) is 3. The van der Waals surface area contributed by atoms with Gasteiger partial charge < -0.3 is 9.64 Å². The average molecular weight is 282 g/mol. The van der Waals surface area contributed by atoms with Crippen molar-refractivity contribution in [2.75, 3.05) is 19.6 Å². The quantitative estimate of drug-likeness (QED) is 0.475. The lowest BCUT2D eigenvalue weighted by atomic mass is 10.2. The fraction of sp³-hybridized carbons (Fsp3) is 0.857. The molecule has 0 radical (unpaired) electrons. The molecule has 0 saturated carbocycles. The van der Waals surface area contributed by atoms with Crippen LogP contribution in [0, 0.1) is 11.5 Å². The van der Waals surface area contributed by atoms with Crippen LogP contribution in [0.25, 0.3) is 0 Å². The monoisotopic (exact) mass is 282 g/mol. The maximum absolute atomic E-state index is 11.8. The highest BCUT2D eigenvalue weighted by molar-refractivity contribution is 5.69. The summed E-state index contributed by atoms with van der Waals surface area (Å²) in [5.74, 6) is 0. The van der Waals surface area contributed by atoms with Gasteiger partial charge in [0.15, 0.2) is 0 Å². The lowest BCUT2D eigenvalue weighted by molar-refractivity contribution is 0.0243. The number of ether oxygens (including phenoxy) is 1. The topological polar surface area (TPSA) is 68.6 Å². The van der Waals surface area contributed by atoms with Crippen molar-refractivity contribution in [3.8, 4) is 6.19 Å². The van der Waals surface area contributed by atoms with Crippen LogP contribution in [-0.4, -0.2) is 47.3 Å². The molecule has 1 fully saturated rings. The Bertz CT molecular complexity index is 359. The number of nitrogens with one attached hydrogen (secondary N) is 1. The molecular formula is C14H26N4O2. The van der Waals surface area contributed by atoms with E-state index in [1.807, 2.05) is 6.19 Å². The van der Waals surface area contributed by atoms with Crippen LogP contribution < -0.4 is 5.43 Å². The smallest absolute Gasteiger partial charge is 0.438 e.